The zero-order valence-corrected chi connectivity index (χ0v) is 48.8. The highest BCUT2D eigenvalue weighted by Gasteiger charge is 2.52. The van der Waals surface area contributed by atoms with Crippen molar-refractivity contribution in [2.75, 3.05) is 39.5 Å². The topological polar surface area (TPSA) is 184 Å². The van der Waals surface area contributed by atoms with Gasteiger partial charge < -0.3 is 47.3 Å². The van der Waals surface area contributed by atoms with Gasteiger partial charge in [0.15, 0.2) is 11.8 Å². The average molecular weight is 1110 g/mol. The Kier molecular flexibility index (Phi) is 35.3. The second-order valence-corrected chi connectivity index (χ2v) is 22.7. The van der Waals surface area contributed by atoms with Gasteiger partial charge >= 0.3 is 32.8 Å². The molecule has 0 aliphatic carbocycles. The normalized spacial score (nSPS) is 14.7. The fraction of sp³-hybridized carbons (Fsp3) is 0.776. The monoisotopic (exact) mass is 1110 g/mol. The second-order valence-electron chi connectivity index (χ2n) is 21.3. The van der Waals surface area contributed by atoms with Crippen molar-refractivity contribution in [3.05, 3.63) is 40.9 Å². The van der Waals surface area contributed by atoms with Crippen molar-refractivity contribution in [1.29, 1.82) is 0 Å². The molecule has 1 aromatic heterocycles. The van der Waals surface area contributed by atoms with Gasteiger partial charge in [-0.05, 0) is 44.0 Å². The maximum Gasteiger partial charge on any atom is 0.737 e. The van der Waals surface area contributed by atoms with Crippen molar-refractivity contribution in [3.63, 3.8) is 0 Å². The van der Waals surface area contributed by atoms with Gasteiger partial charge in [0.1, 0.15) is 18.9 Å². The number of halogens is 2. The number of fused-ring (bicyclic) bond motifs is 2. The fourth-order valence-corrected chi connectivity index (χ4v) is 10.8. The lowest BCUT2D eigenvalue weighted by Crippen LogP contribution is -2.50. The summed E-state index contributed by atoms with van der Waals surface area (Å²) in [6.07, 6.45) is 39.4. The molecule has 3 heterocycles. The van der Waals surface area contributed by atoms with Gasteiger partial charge in [0.2, 0.25) is 5.91 Å². The SMILES string of the molecule is CCCCCCCCCCCCCCCCCC(=O)OC[C@H](COP(=O)(O)OCCNC(=O)OCCNC(=O)CCC1=[N+]2C(=Cc3c(C)cc(C)n3[B-]2(F)F)C=C1)OC(=O)CCCCCCCCCCCCCCCCC. The van der Waals surface area contributed by atoms with E-state index in [0.717, 1.165) is 53.1 Å². The average Bonchev–Trinajstić information content (AvgIpc) is 4.14. The molecule has 0 fully saturated rings. The summed E-state index contributed by atoms with van der Waals surface area (Å²) in [5.74, 6) is -1.38. The summed E-state index contributed by atoms with van der Waals surface area (Å²) in [5.41, 5.74) is 2.39. The van der Waals surface area contributed by atoms with Crippen LogP contribution in [-0.4, -0.2) is 96.1 Å². The van der Waals surface area contributed by atoms with Gasteiger partial charge in [-0.1, -0.05) is 194 Å². The van der Waals surface area contributed by atoms with Crippen LogP contribution >= 0.6 is 7.82 Å². The van der Waals surface area contributed by atoms with Crippen LogP contribution in [0.3, 0.4) is 0 Å². The van der Waals surface area contributed by atoms with Crippen LogP contribution in [0, 0.1) is 13.8 Å². The molecule has 19 heteroatoms. The van der Waals surface area contributed by atoms with Gasteiger partial charge in [0, 0.05) is 56.2 Å². The van der Waals surface area contributed by atoms with E-state index in [-0.39, 0.29) is 52.0 Å². The number of allylic oxidation sites excluding steroid dienone is 2. The Morgan fingerprint density at radius 3 is 1.62 bits per heavy atom. The minimum atomic E-state index is -4.71. The molecule has 0 spiro atoms. The summed E-state index contributed by atoms with van der Waals surface area (Å²) in [7, 11) is -4.71. The van der Waals surface area contributed by atoms with Gasteiger partial charge in [-0.25, -0.2) is 9.36 Å². The van der Waals surface area contributed by atoms with Crippen molar-refractivity contribution in [3.8, 4) is 0 Å². The number of hydrogen-bond donors (Lipinski definition) is 3. The van der Waals surface area contributed by atoms with Gasteiger partial charge in [-0.2, -0.15) is 0 Å². The predicted molar refractivity (Wildman–Crippen MR) is 303 cm³/mol. The van der Waals surface area contributed by atoms with Crippen LogP contribution in [0.4, 0.5) is 13.4 Å². The zero-order valence-electron chi connectivity index (χ0n) is 47.9. The molecular weight excluding hydrogens is 1010 g/mol. The van der Waals surface area contributed by atoms with E-state index in [4.69, 9.17) is 23.3 Å². The van der Waals surface area contributed by atoms with Gasteiger partial charge in [-0.15, -0.1) is 0 Å². The maximum atomic E-state index is 15.7. The number of aromatic nitrogens is 1. The Morgan fingerprint density at radius 2 is 1.10 bits per heavy atom. The first-order chi connectivity index (χ1) is 37.2. The number of carbonyl (C=O) groups is 4. The molecule has 0 bridgehead atoms. The third-order valence-electron chi connectivity index (χ3n) is 14.4. The van der Waals surface area contributed by atoms with Crippen LogP contribution in [0.5, 0.6) is 0 Å². The number of aryl methyl sites for hydroxylation is 2. The van der Waals surface area contributed by atoms with Crippen molar-refractivity contribution < 1.29 is 65.0 Å². The molecule has 0 radical (unpaired) electrons. The number of ether oxygens (including phenoxy) is 3. The molecule has 2 aliphatic rings. The van der Waals surface area contributed by atoms with E-state index in [2.05, 4.69) is 24.5 Å². The van der Waals surface area contributed by atoms with E-state index in [1.807, 2.05) is 0 Å². The summed E-state index contributed by atoms with van der Waals surface area (Å²) >= 11 is 0. The van der Waals surface area contributed by atoms with Gasteiger partial charge in [0.25, 0.3) is 0 Å². The van der Waals surface area contributed by atoms with Crippen LogP contribution in [0.15, 0.2) is 23.9 Å². The van der Waals surface area contributed by atoms with Crippen molar-refractivity contribution >= 4 is 50.5 Å². The first kappa shape index (κ1) is 67.4. The summed E-state index contributed by atoms with van der Waals surface area (Å²) in [6.45, 7) is 1.97. The van der Waals surface area contributed by atoms with E-state index < -0.39 is 58.0 Å². The van der Waals surface area contributed by atoms with Crippen molar-refractivity contribution in [2.45, 2.75) is 252 Å². The number of esters is 2. The molecule has 0 saturated heterocycles. The molecule has 2 aliphatic heterocycles. The molecule has 77 heavy (non-hydrogen) atoms. The Balaban J connectivity index is 1.31. The zero-order chi connectivity index (χ0) is 56.0. The highest BCUT2D eigenvalue weighted by Crippen LogP contribution is 2.43. The quantitative estimate of drug-likeness (QED) is 0.0186. The maximum absolute atomic E-state index is 15.7. The number of phosphoric acid groups is 1. The smallest absolute Gasteiger partial charge is 0.462 e. The summed E-state index contributed by atoms with van der Waals surface area (Å²) < 4.78 is 72.5. The number of unbranched alkanes of at least 4 members (excludes halogenated alkanes) is 28. The Hall–Kier alpha value is -3.86. The van der Waals surface area contributed by atoms with E-state index in [1.165, 1.54) is 141 Å². The Bertz CT molecular complexity index is 2010. The third-order valence-corrected chi connectivity index (χ3v) is 15.4. The minimum Gasteiger partial charge on any atom is -0.462 e. The number of nitrogens with one attached hydrogen (secondary N) is 2. The molecule has 2 amide bonds. The van der Waals surface area contributed by atoms with E-state index in [0.29, 0.717) is 35.6 Å². The fourth-order valence-electron chi connectivity index (χ4n) is 10.0. The number of nitrogens with zero attached hydrogens (tertiary/aromatic N) is 2. The number of amides is 2. The van der Waals surface area contributed by atoms with Gasteiger partial charge in [-0.3, -0.25) is 23.4 Å². The molecule has 0 saturated carbocycles. The Morgan fingerprint density at radius 1 is 0.623 bits per heavy atom. The van der Waals surface area contributed by atoms with E-state index >= 15 is 8.63 Å². The van der Waals surface area contributed by atoms with E-state index in [1.54, 1.807) is 38.1 Å². The van der Waals surface area contributed by atoms with Crippen LogP contribution in [-0.2, 0) is 42.2 Å². The summed E-state index contributed by atoms with van der Waals surface area (Å²) in [6, 6.07) is 1.73. The molecule has 3 rings (SSSR count). The lowest BCUT2D eigenvalue weighted by molar-refractivity contribution is -0.362. The number of hydrogen-bond acceptors (Lipinski definition) is 10. The summed E-state index contributed by atoms with van der Waals surface area (Å²) in [5, 5.41) is 4.98. The van der Waals surface area contributed by atoms with E-state index in [9.17, 15) is 28.6 Å². The summed E-state index contributed by atoms with van der Waals surface area (Å²) in [4.78, 5) is 60.8. The molecule has 3 N–H and O–H groups in total. The minimum absolute atomic E-state index is 0.0339. The molecular formula is C58H100BF2N4O11P. The highest BCUT2D eigenvalue weighted by atomic mass is 31.2. The lowest BCUT2D eigenvalue weighted by Gasteiger charge is -2.30. The largest absolute Gasteiger partial charge is 0.737 e. The second kappa shape index (κ2) is 40.3. The van der Waals surface area contributed by atoms with Crippen LogP contribution < -0.4 is 10.6 Å². The standard InChI is InChI=1S/C58H100BF2N4O11P/c1-5-7-9-11-13-15-17-19-21-23-25-27-29-31-33-35-56(67)73-47-53(76-57(68)36-34-32-30-28-26-24-22-20-18-16-14-12-10-8-6-2)48-75-77(70,71)74-44-42-63-58(69)72-43-41-62-55(66)40-39-51-37-38-52-46-54-49(3)45-50(4)64(54)59(60,61)65(51)52/h37-38,45-46,53H,5-36,39-44,47-48H2,1-4H3,(H,62,66)(H,63,69)(H,70,71)/t53-/m1/s1. The van der Waals surface area contributed by atoms with Crippen LogP contribution in [0.2, 0.25) is 0 Å². The molecule has 440 valence electrons. The van der Waals surface area contributed by atoms with Crippen molar-refractivity contribution in [2.24, 2.45) is 0 Å². The Labute approximate surface area is 461 Å². The first-order valence-corrected chi connectivity index (χ1v) is 31.6. The number of alkyl carbamates (subject to hydrolysis) is 1. The molecule has 15 nitrogen and oxygen atoms in total. The lowest BCUT2D eigenvalue weighted by atomic mass is 9.90. The number of rotatable bonds is 48. The molecule has 2 atom stereocenters. The third kappa shape index (κ3) is 29.3. The molecule has 1 aromatic rings. The predicted octanol–water partition coefficient (Wildman–Crippen LogP) is 14.4. The number of carbonyl (C=O) groups excluding carboxylic acids is 4. The molecule has 1 unspecified atom stereocenters. The van der Waals surface area contributed by atoms with Crippen molar-refractivity contribution in [1.82, 2.24) is 15.1 Å². The van der Waals surface area contributed by atoms with Crippen LogP contribution in [0.1, 0.15) is 249 Å². The van der Waals surface area contributed by atoms with Crippen LogP contribution in [0.25, 0.3) is 6.08 Å². The highest BCUT2D eigenvalue weighted by molar-refractivity contribution is 7.47. The van der Waals surface area contributed by atoms with Gasteiger partial charge in [0.05, 0.1) is 19.8 Å². The number of phosphoric ester groups is 1. The first-order valence-electron chi connectivity index (χ1n) is 30.1. The molecule has 0 aromatic carbocycles.